The number of methoxy groups -OCH3 is 1. The highest BCUT2D eigenvalue weighted by Crippen LogP contribution is 2.38. The van der Waals surface area contributed by atoms with Gasteiger partial charge in [0.15, 0.2) is 5.13 Å². The van der Waals surface area contributed by atoms with Crippen LogP contribution in [-0.2, 0) is 6.42 Å². The minimum absolute atomic E-state index is 0.156. The number of nitrogens with two attached hydrogens (primary N) is 1. The SMILES string of the molecule is COc1cccc(N(C)c2nc3c(s2)C(N)CCC3)c1. The molecule has 0 spiro atoms. The summed E-state index contributed by atoms with van der Waals surface area (Å²) in [5.41, 5.74) is 8.43. The van der Waals surface area contributed by atoms with E-state index in [-0.39, 0.29) is 6.04 Å². The molecule has 2 N–H and O–H groups in total. The number of aromatic nitrogens is 1. The minimum atomic E-state index is 0.156. The summed E-state index contributed by atoms with van der Waals surface area (Å²) in [6, 6.07) is 8.16. The van der Waals surface area contributed by atoms with Crippen molar-refractivity contribution >= 4 is 22.2 Å². The number of rotatable bonds is 3. The van der Waals surface area contributed by atoms with Crippen LogP contribution in [-0.4, -0.2) is 19.1 Å². The quantitative estimate of drug-likeness (QED) is 0.942. The minimum Gasteiger partial charge on any atom is -0.497 e. The van der Waals surface area contributed by atoms with Crippen LogP contribution in [0.15, 0.2) is 24.3 Å². The molecule has 2 aromatic rings. The third-order valence-electron chi connectivity index (χ3n) is 3.71. The Morgan fingerprint density at radius 1 is 1.45 bits per heavy atom. The maximum atomic E-state index is 6.18. The van der Waals surface area contributed by atoms with Crippen molar-refractivity contribution in [1.29, 1.82) is 0 Å². The van der Waals surface area contributed by atoms with Gasteiger partial charge in [-0.15, -0.1) is 0 Å². The Morgan fingerprint density at radius 3 is 3.05 bits per heavy atom. The van der Waals surface area contributed by atoms with Crippen LogP contribution in [0.5, 0.6) is 5.75 Å². The zero-order chi connectivity index (χ0) is 14.1. The zero-order valence-electron chi connectivity index (χ0n) is 11.8. The number of thiazole rings is 1. The van der Waals surface area contributed by atoms with Gasteiger partial charge >= 0.3 is 0 Å². The molecule has 1 aliphatic rings. The molecule has 0 bridgehead atoms. The van der Waals surface area contributed by atoms with E-state index < -0.39 is 0 Å². The van der Waals surface area contributed by atoms with Crippen LogP contribution < -0.4 is 15.4 Å². The summed E-state index contributed by atoms with van der Waals surface area (Å²) in [6.07, 6.45) is 3.25. The smallest absolute Gasteiger partial charge is 0.190 e. The predicted molar refractivity (Wildman–Crippen MR) is 83.0 cm³/mol. The van der Waals surface area contributed by atoms with E-state index in [1.54, 1.807) is 18.4 Å². The topological polar surface area (TPSA) is 51.4 Å². The fourth-order valence-electron chi connectivity index (χ4n) is 2.51. The molecule has 1 unspecified atom stereocenters. The molecule has 1 aromatic carbocycles. The Hall–Kier alpha value is -1.59. The highest BCUT2D eigenvalue weighted by Gasteiger charge is 2.23. The van der Waals surface area contributed by atoms with Gasteiger partial charge in [0.1, 0.15) is 5.75 Å². The van der Waals surface area contributed by atoms with Crippen LogP contribution >= 0.6 is 11.3 Å². The Kier molecular flexibility index (Phi) is 3.63. The lowest BCUT2D eigenvalue weighted by Crippen LogP contribution is -2.15. The van der Waals surface area contributed by atoms with Gasteiger partial charge in [-0.05, 0) is 31.4 Å². The largest absolute Gasteiger partial charge is 0.497 e. The van der Waals surface area contributed by atoms with E-state index in [9.17, 15) is 0 Å². The van der Waals surface area contributed by atoms with Crippen LogP contribution in [0.25, 0.3) is 0 Å². The van der Waals surface area contributed by atoms with E-state index >= 15 is 0 Å². The first-order valence-electron chi connectivity index (χ1n) is 6.82. The summed E-state index contributed by atoms with van der Waals surface area (Å²) in [4.78, 5) is 8.10. The van der Waals surface area contributed by atoms with Crippen molar-refractivity contribution in [3.8, 4) is 5.75 Å². The molecular formula is C15H19N3OS. The molecule has 1 aromatic heterocycles. The normalized spacial score (nSPS) is 17.6. The van der Waals surface area contributed by atoms with E-state index in [0.717, 1.165) is 35.8 Å². The Morgan fingerprint density at radius 2 is 2.30 bits per heavy atom. The van der Waals surface area contributed by atoms with E-state index in [0.29, 0.717) is 0 Å². The van der Waals surface area contributed by atoms with Crippen LogP contribution in [0, 0.1) is 0 Å². The molecule has 0 radical (unpaired) electrons. The van der Waals surface area contributed by atoms with Crippen LogP contribution in [0.2, 0.25) is 0 Å². The average Bonchev–Trinajstić information content (AvgIpc) is 2.92. The Balaban J connectivity index is 1.92. The first-order chi connectivity index (χ1) is 9.69. The number of fused-ring (bicyclic) bond motifs is 1. The van der Waals surface area contributed by atoms with Crippen molar-refractivity contribution in [2.75, 3.05) is 19.1 Å². The summed E-state index contributed by atoms with van der Waals surface area (Å²) >= 11 is 1.71. The summed E-state index contributed by atoms with van der Waals surface area (Å²) in [7, 11) is 3.71. The molecule has 1 heterocycles. The molecule has 5 heteroatoms. The van der Waals surface area contributed by atoms with Gasteiger partial charge in [-0.1, -0.05) is 17.4 Å². The molecule has 0 saturated heterocycles. The van der Waals surface area contributed by atoms with Crippen molar-refractivity contribution in [2.45, 2.75) is 25.3 Å². The molecule has 106 valence electrons. The van der Waals surface area contributed by atoms with Gasteiger partial charge < -0.3 is 15.4 Å². The summed E-state index contributed by atoms with van der Waals surface area (Å²) < 4.78 is 5.28. The zero-order valence-corrected chi connectivity index (χ0v) is 12.6. The first-order valence-corrected chi connectivity index (χ1v) is 7.63. The maximum absolute atomic E-state index is 6.18. The fourth-order valence-corrected chi connectivity index (χ4v) is 3.64. The van der Waals surface area contributed by atoms with E-state index in [1.807, 2.05) is 25.2 Å². The molecule has 1 atom stereocenters. The number of hydrogen-bond acceptors (Lipinski definition) is 5. The van der Waals surface area contributed by atoms with E-state index in [4.69, 9.17) is 15.5 Å². The highest BCUT2D eigenvalue weighted by atomic mass is 32.1. The van der Waals surface area contributed by atoms with E-state index in [1.165, 1.54) is 10.6 Å². The second-order valence-corrected chi connectivity index (χ2v) is 6.08. The number of hydrogen-bond donors (Lipinski definition) is 1. The lowest BCUT2D eigenvalue weighted by Gasteiger charge is -2.16. The van der Waals surface area contributed by atoms with Crippen molar-refractivity contribution in [1.82, 2.24) is 4.98 Å². The molecule has 0 saturated carbocycles. The third-order valence-corrected chi connectivity index (χ3v) is 5.02. The van der Waals surface area contributed by atoms with Gasteiger partial charge in [-0.2, -0.15) is 0 Å². The lowest BCUT2D eigenvalue weighted by molar-refractivity contribution is 0.415. The number of anilines is 2. The van der Waals surface area contributed by atoms with Crippen LogP contribution in [0.4, 0.5) is 10.8 Å². The number of ether oxygens (including phenoxy) is 1. The first kappa shape index (κ1) is 13.4. The summed E-state index contributed by atoms with van der Waals surface area (Å²) in [5, 5.41) is 1.00. The molecule has 0 amide bonds. The van der Waals surface area contributed by atoms with Gasteiger partial charge in [0.05, 0.1) is 12.8 Å². The van der Waals surface area contributed by atoms with Gasteiger partial charge in [0, 0.05) is 29.7 Å². The summed E-state index contributed by atoms with van der Waals surface area (Å²) in [5.74, 6) is 0.854. The van der Waals surface area contributed by atoms with Crippen molar-refractivity contribution in [2.24, 2.45) is 5.73 Å². The maximum Gasteiger partial charge on any atom is 0.190 e. The van der Waals surface area contributed by atoms with Crippen LogP contribution in [0.3, 0.4) is 0 Å². The molecule has 0 aliphatic heterocycles. The number of aryl methyl sites for hydroxylation is 1. The molecule has 0 fully saturated rings. The van der Waals surface area contributed by atoms with Crippen molar-refractivity contribution in [3.05, 3.63) is 34.8 Å². The molecule has 3 rings (SSSR count). The van der Waals surface area contributed by atoms with Crippen molar-refractivity contribution < 1.29 is 4.74 Å². The number of benzene rings is 1. The lowest BCUT2D eigenvalue weighted by atomic mass is 9.99. The molecular weight excluding hydrogens is 270 g/mol. The molecule has 4 nitrogen and oxygen atoms in total. The second kappa shape index (κ2) is 5.42. The second-order valence-electron chi connectivity index (χ2n) is 5.07. The summed E-state index contributed by atoms with van der Waals surface area (Å²) in [6.45, 7) is 0. The average molecular weight is 289 g/mol. The van der Waals surface area contributed by atoms with Gasteiger partial charge in [-0.3, -0.25) is 0 Å². The van der Waals surface area contributed by atoms with Crippen LogP contribution in [0.1, 0.15) is 29.5 Å². The highest BCUT2D eigenvalue weighted by molar-refractivity contribution is 7.15. The number of nitrogens with zero attached hydrogens (tertiary/aromatic N) is 2. The standard InChI is InChI=1S/C15H19N3OS/c1-18(10-5-3-6-11(9-10)19-2)15-17-13-8-4-7-12(16)14(13)20-15/h3,5-6,9,12H,4,7-8,16H2,1-2H3. The van der Waals surface area contributed by atoms with Gasteiger partial charge in [0.2, 0.25) is 0 Å². The monoisotopic (exact) mass is 289 g/mol. The fraction of sp³-hybridized carbons (Fsp3) is 0.400. The Labute approximate surface area is 123 Å². The van der Waals surface area contributed by atoms with E-state index in [2.05, 4.69) is 11.0 Å². The van der Waals surface area contributed by atoms with Gasteiger partial charge in [-0.25, -0.2) is 4.98 Å². The third kappa shape index (κ3) is 2.39. The Bertz CT molecular complexity index is 611. The predicted octanol–water partition coefficient (Wildman–Crippen LogP) is 3.26. The molecule has 1 aliphatic carbocycles. The van der Waals surface area contributed by atoms with Crippen molar-refractivity contribution in [3.63, 3.8) is 0 Å². The van der Waals surface area contributed by atoms with Gasteiger partial charge in [0.25, 0.3) is 0 Å². The molecule has 20 heavy (non-hydrogen) atoms.